The number of furan rings is 1. The highest BCUT2D eigenvalue weighted by molar-refractivity contribution is 5.95. The number of hydrogen-bond acceptors (Lipinski definition) is 5. The Morgan fingerprint density at radius 1 is 1.29 bits per heavy atom. The molecule has 0 saturated carbocycles. The van der Waals surface area contributed by atoms with Gasteiger partial charge in [-0.3, -0.25) is 0 Å². The van der Waals surface area contributed by atoms with Gasteiger partial charge in [-0.2, -0.15) is 0 Å². The van der Waals surface area contributed by atoms with Crippen LogP contribution in [0.5, 0.6) is 0 Å². The summed E-state index contributed by atoms with van der Waals surface area (Å²) >= 11 is 0. The summed E-state index contributed by atoms with van der Waals surface area (Å²) in [6.45, 7) is 4.54. The number of esters is 1. The lowest BCUT2D eigenvalue weighted by Gasteiger charge is -2.32. The Morgan fingerprint density at radius 3 is 2.86 bits per heavy atom. The molecule has 2 aliphatic heterocycles. The first-order valence-electron chi connectivity index (χ1n) is 9.44. The van der Waals surface area contributed by atoms with Crippen LogP contribution in [0.1, 0.15) is 31.2 Å². The minimum absolute atomic E-state index is 0.247. The number of nitrogens with one attached hydrogen (secondary N) is 2. The number of rotatable bonds is 5. The van der Waals surface area contributed by atoms with Gasteiger partial charge in [-0.25, -0.2) is 9.59 Å². The van der Waals surface area contributed by atoms with Crippen molar-refractivity contribution in [2.75, 3.05) is 18.1 Å². The Bertz CT molecular complexity index is 919. The van der Waals surface area contributed by atoms with Crippen molar-refractivity contribution in [3.63, 3.8) is 0 Å². The summed E-state index contributed by atoms with van der Waals surface area (Å²) in [5.74, 6) is 0.0248. The molecule has 146 valence electrons. The third-order valence-corrected chi connectivity index (χ3v) is 5.15. The van der Waals surface area contributed by atoms with Crippen LogP contribution in [-0.4, -0.2) is 31.2 Å². The van der Waals surface area contributed by atoms with Gasteiger partial charge in [0.15, 0.2) is 0 Å². The van der Waals surface area contributed by atoms with Gasteiger partial charge in [0.05, 0.1) is 30.7 Å². The van der Waals surface area contributed by atoms with Crippen LogP contribution in [0, 0.1) is 0 Å². The molecule has 0 radical (unpaired) electrons. The number of ether oxygens (including phenoxy) is 1. The largest absolute Gasteiger partial charge is 0.467 e. The summed E-state index contributed by atoms with van der Waals surface area (Å²) in [7, 11) is 0. The maximum atomic E-state index is 12.8. The lowest BCUT2D eigenvalue weighted by Crippen LogP contribution is -2.49. The molecule has 7 nitrogen and oxygen atoms in total. The first kappa shape index (κ1) is 18.2. The minimum atomic E-state index is -0.689. The minimum Gasteiger partial charge on any atom is -0.467 e. The standard InChI is InChI=1S/C21H23N3O4/c1-3-27-20(25)18-15(22-21(26)23-19(18)17-9-6-10-28-17)12-24-13(2)11-14-7-4-5-8-16(14)24/h4-10,13,19H,3,11-12H2,1-2H3,(H2,22,23,26). The highest BCUT2D eigenvalue weighted by atomic mass is 16.5. The van der Waals surface area contributed by atoms with E-state index in [-0.39, 0.29) is 18.7 Å². The van der Waals surface area contributed by atoms with E-state index in [1.807, 2.05) is 12.1 Å². The van der Waals surface area contributed by atoms with E-state index in [2.05, 4.69) is 34.6 Å². The number of carbonyl (C=O) groups is 2. The molecule has 0 saturated heterocycles. The van der Waals surface area contributed by atoms with Gasteiger partial charge in [-0.05, 0) is 44.0 Å². The van der Waals surface area contributed by atoms with Crippen molar-refractivity contribution in [1.82, 2.24) is 10.6 Å². The maximum Gasteiger partial charge on any atom is 0.338 e. The molecule has 2 atom stereocenters. The fraction of sp³-hybridized carbons (Fsp3) is 0.333. The Morgan fingerprint density at radius 2 is 2.11 bits per heavy atom. The molecule has 4 rings (SSSR count). The van der Waals surface area contributed by atoms with Crippen LogP contribution < -0.4 is 15.5 Å². The summed E-state index contributed by atoms with van der Waals surface area (Å²) < 4.78 is 10.8. The Labute approximate surface area is 163 Å². The van der Waals surface area contributed by atoms with Crippen molar-refractivity contribution < 1.29 is 18.7 Å². The molecule has 2 aromatic rings. The molecule has 2 N–H and O–H groups in total. The van der Waals surface area contributed by atoms with Gasteiger partial charge in [0.2, 0.25) is 0 Å². The third kappa shape index (κ3) is 3.24. The molecule has 3 heterocycles. The predicted octanol–water partition coefficient (Wildman–Crippen LogP) is 2.90. The van der Waals surface area contributed by atoms with Crippen LogP contribution in [0.15, 0.2) is 58.3 Å². The van der Waals surface area contributed by atoms with Gasteiger partial charge in [-0.1, -0.05) is 18.2 Å². The van der Waals surface area contributed by atoms with E-state index in [0.29, 0.717) is 23.6 Å². The Kier molecular flexibility index (Phi) is 4.81. The summed E-state index contributed by atoms with van der Waals surface area (Å²) in [6.07, 6.45) is 2.44. The zero-order chi connectivity index (χ0) is 19.7. The van der Waals surface area contributed by atoms with E-state index >= 15 is 0 Å². The van der Waals surface area contributed by atoms with Gasteiger partial charge < -0.3 is 24.7 Å². The average molecular weight is 381 g/mol. The highest BCUT2D eigenvalue weighted by Crippen LogP contribution is 2.34. The molecule has 1 aromatic heterocycles. The number of anilines is 1. The smallest absolute Gasteiger partial charge is 0.338 e. The van der Waals surface area contributed by atoms with Gasteiger partial charge in [-0.15, -0.1) is 0 Å². The van der Waals surface area contributed by atoms with Crippen molar-refractivity contribution in [3.8, 4) is 0 Å². The monoisotopic (exact) mass is 381 g/mol. The molecule has 7 heteroatoms. The molecule has 1 aromatic carbocycles. The molecular weight excluding hydrogens is 358 g/mol. The molecule has 0 fully saturated rings. The summed E-state index contributed by atoms with van der Waals surface area (Å²) in [4.78, 5) is 27.3. The zero-order valence-electron chi connectivity index (χ0n) is 15.9. The molecule has 0 bridgehead atoms. The normalized spacial score (nSPS) is 21.2. The topological polar surface area (TPSA) is 83.8 Å². The zero-order valence-corrected chi connectivity index (χ0v) is 15.9. The predicted molar refractivity (Wildman–Crippen MR) is 104 cm³/mol. The highest BCUT2D eigenvalue weighted by Gasteiger charge is 2.37. The van der Waals surface area contributed by atoms with Gasteiger partial charge in [0.1, 0.15) is 11.8 Å². The molecular formula is C21H23N3O4. The molecule has 2 amide bonds. The molecule has 28 heavy (non-hydrogen) atoms. The van der Waals surface area contributed by atoms with E-state index in [4.69, 9.17) is 9.15 Å². The second kappa shape index (κ2) is 7.42. The summed E-state index contributed by atoms with van der Waals surface area (Å²) in [5.41, 5.74) is 3.28. The second-order valence-corrected chi connectivity index (χ2v) is 6.97. The SMILES string of the molecule is CCOC(=O)C1=C(CN2c3ccccc3CC2C)NC(=O)NC1c1ccco1. The third-order valence-electron chi connectivity index (χ3n) is 5.15. The van der Waals surface area contributed by atoms with Crippen LogP contribution in [0.4, 0.5) is 10.5 Å². The van der Waals surface area contributed by atoms with Crippen molar-refractivity contribution in [2.45, 2.75) is 32.4 Å². The van der Waals surface area contributed by atoms with Crippen molar-refractivity contribution >= 4 is 17.7 Å². The maximum absolute atomic E-state index is 12.8. The molecule has 0 aliphatic carbocycles. The summed E-state index contributed by atoms with van der Waals surface area (Å²) in [6, 6.07) is 10.9. The van der Waals surface area contributed by atoms with Crippen LogP contribution in [0.3, 0.4) is 0 Å². The lowest BCUT2D eigenvalue weighted by molar-refractivity contribution is -0.139. The van der Waals surface area contributed by atoms with E-state index in [0.717, 1.165) is 12.1 Å². The van der Waals surface area contributed by atoms with Crippen molar-refractivity contribution in [2.24, 2.45) is 0 Å². The van der Waals surface area contributed by atoms with Crippen LogP contribution in [0.2, 0.25) is 0 Å². The molecule has 2 aliphatic rings. The quantitative estimate of drug-likeness (QED) is 0.778. The van der Waals surface area contributed by atoms with Gasteiger partial charge >= 0.3 is 12.0 Å². The van der Waals surface area contributed by atoms with Gasteiger partial charge in [0, 0.05) is 11.7 Å². The van der Waals surface area contributed by atoms with Gasteiger partial charge in [0.25, 0.3) is 0 Å². The number of fused-ring (bicyclic) bond motifs is 1. The fourth-order valence-corrected chi connectivity index (χ4v) is 3.90. The van der Waals surface area contributed by atoms with Crippen LogP contribution in [-0.2, 0) is 16.0 Å². The number of hydrogen-bond donors (Lipinski definition) is 2. The van der Waals surface area contributed by atoms with E-state index < -0.39 is 12.0 Å². The molecule has 0 spiro atoms. The first-order chi connectivity index (χ1) is 13.6. The number of carbonyl (C=O) groups excluding carboxylic acids is 2. The molecule has 2 unspecified atom stereocenters. The second-order valence-electron chi connectivity index (χ2n) is 6.97. The fourth-order valence-electron chi connectivity index (χ4n) is 3.90. The van der Waals surface area contributed by atoms with E-state index in [1.165, 1.54) is 11.8 Å². The number of benzene rings is 1. The van der Waals surface area contributed by atoms with Crippen molar-refractivity contribution in [1.29, 1.82) is 0 Å². The van der Waals surface area contributed by atoms with Crippen molar-refractivity contribution in [3.05, 3.63) is 65.3 Å². The lowest BCUT2D eigenvalue weighted by atomic mass is 9.99. The number of para-hydroxylation sites is 1. The number of urea groups is 1. The first-order valence-corrected chi connectivity index (χ1v) is 9.44. The van der Waals surface area contributed by atoms with Crippen LogP contribution in [0.25, 0.3) is 0 Å². The van der Waals surface area contributed by atoms with Crippen LogP contribution >= 0.6 is 0 Å². The average Bonchev–Trinajstić information content (AvgIpc) is 3.30. The Balaban J connectivity index is 1.75. The van der Waals surface area contributed by atoms with E-state index in [9.17, 15) is 9.59 Å². The van der Waals surface area contributed by atoms with E-state index in [1.54, 1.807) is 19.1 Å². The Hall–Kier alpha value is -3.22. The summed E-state index contributed by atoms with van der Waals surface area (Å²) in [5, 5.41) is 5.59. The number of nitrogens with zero attached hydrogens (tertiary/aromatic N) is 1. The number of amides is 2.